The van der Waals surface area contributed by atoms with E-state index < -0.39 is 23.5 Å². The molecule has 2 atom stereocenters. The summed E-state index contributed by atoms with van der Waals surface area (Å²) in [6, 6.07) is 1.66. The van der Waals surface area contributed by atoms with Crippen LogP contribution < -0.4 is 10.6 Å². The molecular formula is C16H18F4N2O. The van der Waals surface area contributed by atoms with Crippen molar-refractivity contribution in [2.45, 2.75) is 37.9 Å². The first-order valence-electron chi connectivity index (χ1n) is 7.64. The highest BCUT2D eigenvalue weighted by Gasteiger charge is 2.49. The summed E-state index contributed by atoms with van der Waals surface area (Å²) in [5, 5.41) is 6.13. The maximum absolute atomic E-state index is 13.9. The summed E-state index contributed by atoms with van der Waals surface area (Å²) in [6.45, 7) is 2.52. The Morgan fingerprint density at radius 1 is 1.39 bits per heavy atom. The molecule has 2 fully saturated rings. The van der Waals surface area contributed by atoms with Crippen molar-refractivity contribution in [1.82, 2.24) is 10.6 Å². The zero-order valence-corrected chi connectivity index (χ0v) is 12.7. The van der Waals surface area contributed by atoms with E-state index >= 15 is 0 Å². The minimum Gasteiger partial charge on any atom is -0.350 e. The number of amides is 1. The lowest BCUT2D eigenvalue weighted by Crippen LogP contribution is -2.59. The Bertz CT molecular complexity index is 644. The molecule has 0 radical (unpaired) electrons. The predicted octanol–water partition coefficient (Wildman–Crippen LogP) is 3.02. The second-order valence-electron chi connectivity index (χ2n) is 6.39. The predicted molar refractivity (Wildman–Crippen MR) is 76.5 cm³/mol. The van der Waals surface area contributed by atoms with E-state index in [1.807, 2.05) is 0 Å². The third-order valence-electron chi connectivity index (χ3n) is 5.19. The first-order valence-corrected chi connectivity index (χ1v) is 7.64. The van der Waals surface area contributed by atoms with Crippen LogP contribution in [0, 0.1) is 18.7 Å². The smallest absolute Gasteiger partial charge is 0.350 e. The molecule has 1 saturated carbocycles. The number of fused-ring (bicyclic) bond motifs is 1. The van der Waals surface area contributed by atoms with Gasteiger partial charge in [-0.05, 0) is 56.3 Å². The Balaban J connectivity index is 1.74. The number of hydrogen-bond donors (Lipinski definition) is 2. The maximum atomic E-state index is 13.9. The van der Waals surface area contributed by atoms with E-state index in [1.165, 1.54) is 6.92 Å². The summed E-state index contributed by atoms with van der Waals surface area (Å²) in [7, 11) is 0. The Morgan fingerprint density at radius 2 is 2.13 bits per heavy atom. The standard InChI is InChI=1S/C16H18F4N2O/c1-9-11(2-3-12(13(9)17)16(18,19)20)14(23)21-8-15-6-4-10(15)5-7-22-15/h2-3,10,22H,4-8H2,1H3,(H,21,23). The molecule has 1 aliphatic heterocycles. The van der Waals surface area contributed by atoms with Crippen molar-refractivity contribution in [1.29, 1.82) is 0 Å². The first kappa shape index (κ1) is 16.2. The van der Waals surface area contributed by atoms with Crippen molar-refractivity contribution < 1.29 is 22.4 Å². The molecule has 0 bridgehead atoms. The molecule has 2 unspecified atom stereocenters. The van der Waals surface area contributed by atoms with E-state index in [9.17, 15) is 22.4 Å². The highest BCUT2D eigenvalue weighted by atomic mass is 19.4. The van der Waals surface area contributed by atoms with Gasteiger partial charge in [-0.3, -0.25) is 4.79 Å². The second kappa shape index (κ2) is 5.47. The summed E-state index contributed by atoms with van der Waals surface area (Å²) in [4.78, 5) is 12.2. The lowest BCUT2D eigenvalue weighted by Gasteiger charge is -2.45. The molecule has 3 nitrogen and oxygen atoms in total. The molecule has 1 amide bonds. The fourth-order valence-corrected chi connectivity index (χ4v) is 3.62. The molecule has 3 rings (SSSR count). The lowest BCUT2D eigenvalue weighted by atomic mass is 9.68. The second-order valence-corrected chi connectivity index (χ2v) is 6.39. The summed E-state index contributed by atoms with van der Waals surface area (Å²) in [5.41, 5.74) is -1.77. The van der Waals surface area contributed by atoms with Crippen LogP contribution >= 0.6 is 0 Å². The Hall–Kier alpha value is -1.63. The van der Waals surface area contributed by atoms with E-state index in [0.29, 0.717) is 18.5 Å². The van der Waals surface area contributed by atoms with E-state index in [1.54, 1.807) is 0 Å². The quantitative estimate of drug-likeness (QED) is 0.837. The van der Waals surface area contributed by atoms with Crippen LogP contribution in [0.15, 0.2) is 12.1 Å². The van der Waals surface area contributed by atoms with Crippen LogP contribution in [-0.2, 0) is 6.18 Å². The van der Waals surface area contributed by atoms with Gasteiger partial charge in [0.1, 0.15) is 5.82 Å². The van der Waals surface area contributed by atoms with E-state index in [4.69, 9.17) is 0 Å². The molecule has 1 saturated heterocycles. The molecule has 1 aromatic rings. The number of carbonyl (C=O) groups is 1. The van der Waals surface area contributed by atoms with Gasteiger partial charge in [0, 0.05) is 17.6 Å². The summed E-state index contributed by atoms with van der Waals surface area (Å²) >= 11 is 0. The van der Waals surface area contributed by atoms with Crippen LogP contribution in [0.4, 0.5) is 17.6 Å². The van der Waals surface area contributed by atoms with Crippen molar-refractivity contribution in [3.05, 3.63) is 34.6 Å². The van der Waals surface area contributed by atoms with Gasteiger partial charge in [0.25, 0.3) is 5.91 Å². The highest BCUT2D eigenvalue weighted by molar-refractivity contribution is 5.95. The number of carbonyl (C=O) groups excluding carboxylic acids is 1. The van der Waals surface area contributed by atoms with E-state index in [-0.39, 0.29) is 16.7 Å². The number of nitrogens with one attached hydrogen (secondary N) is 2. The number of halogens is 4. The summed E-state index contributed by atoms with van der Waals surface area (Å²) in [5.74, 6) is -1.39. The first-order chi connectivity index (χ1) is 10.7. The fourth-order valence-electron chi connectivity index (χ4n) is 3.62. The monoisotopic (exact) mass is 330 g/mol. The molecule has 1 heterocycles. The minimum absolute atomic E-state index is 0.0548. The lowest BCUT2D eigenvalue weighted by molar-refractivity contribution is -0.140. The van der Waals surface area contributed by atoms with Crippen LogP contribution in [0.1, 0.15) is 40.7 Å². The molecule has 0 spiro atoms. The molecule has 1 aliphatic carbocycles. The molecule has 126 valence electrons. The Labute approximate surface area is 131 Å². The van der Waals surface area contributed by atoms with Crippen molar-refractivity contribution >= 4 is 5.91 Å². The average Bonchev–Trinajstić information content (AvgIpc) is 2.73. The molecule has 7 heteroatoms. The molecule has 23 heavy (non-hydrogen) atoms. The van der Waals surface area contributed by atoms with Crippen LogP contribution in [-0.4, -0.2) is 24.5 Å². The van der Waals surface area contributed by atoms with Gasteiger partial charge in [-0.1, -0.05) is 0 Å². The number of alkyl halides is 3. The van der Waals surface area contributed by atoms with E-state index in [0.717, 1.165) is 31.9 Å². The Kier molecular flexibility index (Phi) is 3.86. The van der Waals surface area contributed by atoms with Gasteiger partial charge in [0.05, 0.1) is 5.56 Å². The largest absolute Gasteiger partial charge is 0.419 e. The Morgan fingerprint density at radius 3 is 2.70 bits per heavy atom. The van der Waals surface area contributed by atoms with Gasteiger partial charge in [-0.2, -0.15) is 13.2 Å². The third kappa shape index (κ3) is 2.71. The van der Waals surface area contributed by atoms with Crippen molar-refractivity contribution in [3.8, 4) is 0 Å². The summed E-state index contributed by atoms with van der Waals surface area (Å²) < 4.78 is 51.9. The third-order valence-corrected chi connectivity index (χ3v) is 5.19. The number of benzene rings is 1. The fraction of sp³-hybridized carbons (Fsp3) is 0.562. The van der Waals surface area contributed by atoms with Crippen LogP contribution in [0.25, 0.3) is 0 Å². The van der Waals surface area contributed by atoms with Crippen molar-refractivity contribution in [2.75, 3.05) is 13.1 Å². The maximum Gasteiger partial charge on any atom is 0.419 e. The topological polar surface area (TPSA) is 41.1 Å². The highest BCUT2D eigenvalue weighted by Crippen LogP contribution is 2.44. The number of rotatable bonds is 3. The van der Waals surface area contributed by atoms with Gasteiger partial charge in [-0.25, -0.2) is 4.39 Å². The number of hydrogen-bond acceptors (Lipinski definition) is 2. The van der Waals surface area contributed by atoms with Crippen LogP contribution in [0.3, 0.4) is 0 Å². The average molecular weight is 330 g/mol. The van der Waals surface area contributed by atoms with Gasteiger partial charge in [-0.15, -0.1) is 0 Å². The SMILES string of the molecule is Cc1c(C(=O)NCC23CCC2CCN3)ccc(C(F)(F)F)c1F. The van der Waals surface area contributed by atoms with Gasteiger partial charge < -0.3 is 10.6 Å². The normalized spacial score (nSPS) is 26.6. The van der Waals surface area contributed by atoms with Gasteiger partial charge in [0.15, 0.2) is 0 Å². The van der Waals surface area contributed by atoms with Crippen LogP contribution in [0.2, 0.25) is 0 Å². The van der Waals surface area contributed by atoms with Crippen molar-refractivity contribution in [3.63, 3.8) is 0 Å². The van der Waals surface area contributed by atoms with Gasteiger partial charge >= 0.3 is 6.18 Å². The molecule has 1 aromatic carbocycles. The van der Waals surface area contributed by atoms with E-state index in [2.05, 4.69) is 10.6 Å². The zero-order chi connectivity index (χ0) is 16.8. The zero-order valence-electron chi connectivity index (χ0n) is 12.7. The van der Waals surface area contributed by atoms with Crippen molar-refractivity contribution in [2.24, 2.45) is 5.92 Å². The molecule has 2 N–H and O–H groups in total. The minimum atomic E-state index is -4.77. The van der Waals surface area contributed by atoms with Crippen LogP contribution in [0.5, 0.6) is 0 Å². The molecule has 2 aliphatic rings. The van der Waals surface area contributed by atoms with Gasteiger partial charge in [0.2, 0.25) is 0 Å². The molecular weight excluding hydrogens is 312 g/mol. The summed E-state index contributed by atoms with van der Waals surface area (Å²) in [6.07, 6.45) is -1.60. The molecule has 0 aromatic heterocycles.